The van der Waals surface area contributed by atoms with E-state index >= 15 is 4.39 Å². The molecule has 6 rings (SSSR count). The van der Waals surface area contributed by atoms with E-state index in [-0.39, 0.29) is 41.6 Å². The number of aliphatic hydroxyl groups is 1. The van der Waals surface area contributed by atoms with E-state index in [9.17, 15) is 9.90 Å². The third-order valence-corrected chi connectivity index (χ3v) is 7.09. The average molecular weight is 512 g/mol. The Hall–Kier alpha value is -3.31. The van der Waals surface area contributed by atoms with Gasteiger partial charge in [-0.25, -0.2) is 9.37 Å². The summed E-state index contributed by atoms with van der Waals surface area (Å²) >= 11 is 6.67. The van der Waals surface area contributed by atoms with Crippen LogP contribution in [-0.2, 0) is 16.5 Å². The van der Waals surface area contributed by atoms with Crippen molar-refractivity contribution in [2.75, 3.05) is 13.2 Å². The zero-order valence-corrected chi connectivity index (χ0v) is 20.2. The van der Waals surface area contributed by atoms with Crippen LogP contribution in [0.1, 0.15) is 16.1 Å². The van der Waals surface area contributed by atoms with Crippen LogP contribution < -0.4 is 5.32 Å². The molecule has 3 aromatic heterocycles. The number of rotatable bonds is 4. The summed E-state index contributed by atoms with van der Waals surface area (Å²) < 4.78 is 29.6. The summed E-state index contributed by atoms with van der Waals surface area (Å²) in [5.41, 5.74) is 3.43. The highest BCUT2D eigenvalue weighted by molar-refractivity contribution is 6.32. The van der Waals surface area contributed by atoms with Gasteiger partial charge in [0, 0.05) is 36.1 Å². The summed E-state index contributed by atoms with van der Waals surface area (Å²) in [4.78, 5) is 17.6. The number of amides is 1. The lowest BCUT2D eigenvalue weighted by atomic mass is 9.98. The molecule has 9 nitrogen and oxygen atoms in total. The number of carbonyl (C=O) groups excluding carboxylic acids is 1. The molecular formula is C25H23ClFN5O4. The van der Waals surface area contributed by atoms with Gasteiger partial charge in [0.2, 0.25) is 0 Å². The normalized spacial score (nSPS) is 23.4. The molecule has 1 aromatic carbocycles. The molecule has 1 amide bonds. The predicted octanol–water partition coefficient (Wildman–Crippen LogP) is 2.76. The second-order valence-corrected chi connectivity index (χ2v) is 9.46. The number of aromatic nitrogens is 4. The quantitative estimate of drug-likeness (QED) is 0.437. The van der Waals surface area contributed by atoms with E-state index in [0.717, 1.165) is 11.3 Å². The van der Waals surface area contributed by atoms with Gasteiger partial charge in [0.05, 0.1) is 24.9 Å². The molecule has 0 spiro atoms. The molecule has 0 aliphatic carbocycles. The standard InChI is InChI=1S/C25H23ClFN5O4/c1-12-15(9-31(2)30-12)14-4-3-5-16(27)20(14)21-24(26)32-7-6-13(8-19(32)29-21)25(34)28-17-10-35-23-18(33)11-36-22(17)23/h3-9,17-18,22-23,33H,10-11H2,1-2H3,(H,28,34)/t17-,18-,22-,23-/m1/s1. The monoisotopic (exact) mass is 511 g/mol. The van der Waals surface area contributed by atoms with Gasteiger partial charge in [-0.05, 0) is 30.7 Å². The molecule has 36 heavy (non-hydrogen) atoms. The van der Waals surface area contributed by atoms with Crippen LogP contribution in [-0.4, -0.2) is 67.7 Å². The van der Waals surface area contributed by atoms with E-state index in [1.165, 1.54) is 6.07 Å². The number of benzene rings is 1. The highest BCUT2D eigenvalue weighted by atomic mass is 35.5. The van der Waals surface area contributed by atoms with Crippen molar-refractivity contribution in [1.29, 1.82) is 0 Å². The van der Waals surface area contributed by atoms with Gasteiger partial charge in [-0.1, -0.05) is 23.7 Å². The Balaban J connectivity index is 1.35. The van der Waals surface area contributed by atoms with Gasteiger partial charge in [0.1, 0.15) is 40.6 Å². The maximum atomic E-state index is 15.2. The number of halogens is 2. The smallest absolute Gasteiger partial charge is 0.251 e. The van der Waals surface area contributed by atoms with Crippen molar-refractivity contribution >= 4 is 23.2 Å². The van der Waals surface area contributed by atoms with Gasteiger partial charge in [-0.2, -0.15) is 5.10 Å². The number of nitrogens with one attached hydrogen (secondary N) is 1. The van der Waals surface area contributed by atoms with Crippen LogP contribution in [0.5, 0.6) is 0 Å². The number of pyridine rings is 1. The molecule has 2 aliphatic heterocycles. The van der Waals surface area contributed by atoms with Crippen LogP contribution in [0.3, 0.4) is 0 Å². The van der Waals surface area contributed by atoms with Gasteiger partial charge < -0.3 is 19.9 Å². The lowest BCUT2D eigenvalue weighted by Crippen LogP contribution is -2.44. The molecule has 4 aromatic rings. The molecule has 0 radical (unpaired) electrons. The van der Waals surface area contributed by atoms with Crippen molar-refractivity contribution in [1.82, 2.24) is 24.5 Å². The number of fused-ring (bicyclic) bond motifs is 2. The molecule has 0 bridgehead atoms. The van der Waals surface area contributed by atoms with E-state index in [4.69, 9.17) is 21.1 Å². The Morgan fingerprint density at radius 2 is 2.03 bits per heavy atom. The number of aliphatic hydroxyl groups excluding tert-OH is 1. The maximum absolute atomic E-state index is 15.2. The van der Waals surface area contributed by atoms with Crippen LogP contribution >= 0.6 is 11.6 Å². The lowest BCUT2D eigenvalue weighted by Gasteiger charge is -2.17. The summed E-state index contributed by atoms with van der Waals surface area (Å²) in [6.07, 6.45) is 1.92. The largest absolute Gasteiger partial charge is 0.388 e. The number of nitrogens with zero attached hydrogens (tertiary/aromatic N) is 4. The average Bonchev–Trinajstić information content (AvgIpc) is 3.59. The molecule has 5 heterocycles. The Kier molecular flexibility index (Phi) is 5.56. The Labute approximate surface area is 210 Å². The van der Waals surface area contributed by atoms with Crippen molar-refractivity contribution in [3.63, 3.8) is 0 Å². The van der Waals surface area contributed by atoms with Gasteiger partial charge in [0.25, 0.3) is 5.91 Å². The highest BCUT2D eigenvalue weighted by Crippen LogP contribution is 2.38. The summed E-state index contributed by atoms with van der Waals surface area (Å²) in [7, 11) is 1.80. The molecule has 2 saturated heterocycles. The number of ether oxygens (including phenoxy) is 2. The first-order valence-electron chi connectivity index (χ1n) is 11.5. The third kappa shape index (κ3) is 3.68. The van der Waals surface area contributed by atoms with Crippen LogP contribution in [0.4, 0.5) is 4.39 Å². The number of imidazole rings is 1. The van der Waals surface area contributed by atoms with Gasteiger partial charge >= 0.3 is 0 Å². The van der Waals surface area contributed by atoms with Crippen molar-refractivity contribution < 1.29 is 23.8 Å². The summed E-state index contributed by atoms with van der Waals surface area (Å²) in [6, 6.07) is 7.64. The zero-order valence-electron chi connectivity index (χ0n) is 19.5. The molecular weight excluding hydrogens is 489 g/mol. The number of aryl methyl sites for hydroxylation is 2. The predicted molar refractivity (Wildman–Crippen MR) is 129 cm³/mol. The Bertz CT molecular complexity index is 1500. The second-order valence-electron chi connectivity index (χ2n) is 9.10. The van der Waals surface area contributed by atoms with Crippen LogP contribution in [0.25, 0.3) is 28.0 Å². The first-order valence-corrected chi connectivity index (χ1v) is 11.9. The third-order valence-electron chi connectivity index (χ3n) is 6.73. The highest BCUT2D eigenvalue weighted by Gasteiger charge is 2.47. The minimum Gasteiger partial charge on any atom is -0.388 e. The fourth-order valence-electron chi connectivity index (χ4n) is 5.02. The van der Waals surface area contributed by atoms with E-state index in [2.05, 4.69) is 15.4 Å². The molecule has 2 aliphatic rings. The fraction of sp³-hybridized carbons (Fsp3) is 0.320. The van der Waals surface area contributed by atoms with Crippen molar-refractivity contribution in [3.05, 3.63) is 65.0 Å². The van der Waals surface area contributed by atoms with Crippen LogP contribution in [0.15, 0.2) is 42.7 Å². The van der Waals surface area contributed by atoms with Crippen molar-refractivity contribution in [2.24, 2.45) is 7.05 Å². The maximum Gasteiger partial charge on any atom is 0.251 e. The molecule has 4 atom stereocenters. The zero-order chi connectivity index (χ0) is 25.1. The van der Waals surface area contributed by atoms with E-state index < -0.39 is 24.1 Å². The molecule has 0 saturated carbocycles. The number of carbonyl (C=O) groups is 1. The molecule has 0 unspecified atom stereocenters. The lowest BCUT2D eigenvalue weighted by molar-refractivity contribution is 0.0178. The summed E-state index contributed by atoms with van der Waals surface area (Å²) in [6.45, 7) is 2.29. The first kappa shape index (κ1) is 23.1. The van der Waals surface area contributed by atoms with E-state index in [1.54, 1.807) is 46.6 Å². The second kappa shape index (κ2) is 8.67. The van der Waals surface area contributed by atoms with Crippen molar-refractivity contribution in [3.8, 4) is 22.4 Å². The van der Waals surface area contributed by atoms with E-state index in [1.807, 2.05) is 13.1 Å². The van der Waals surface area contributed by atoms with E-state index in [0.29, 0.717) is 16.8 Å². The Morgan fingerprint density at radius 3 is 2.81 bits per heavy atom. The topological polar surface area (TPSA) is 103 Å². The molecule has 2 N–H and O–H groups in total. The fourth-order valence-corrected chi connectivity index (χ4v) is 5.30. The Morgan fingerprint density at radius 1 is 1.22 bits per heavy atom. The van der Waals surface area contributed by atoms with Gasteiger partial charge in [-0.15, -0.1) is 0 Å². The number of hydrogen-bond donors (Lipinski definition) is 2. The first-order chi connectivity index (χ1) is 17.3. The molecule has 186 valence electrons. The van der Waals surface area contributed by atoms with Gasteiger partial charge in [-0.3, -0.25) is 13.9 Å². The summed E-state index contributed by atoms with van der Waals surface area (Å²) in [5.74, 6) is -0.802. The minimum atomic E-state index is -0.697. The molecule has 11 heteroatoms. The summed E-state index contributed by atoms with van der Waals surface area (Å²) in [5, 5.41) is 17.4. The van der Waals surface area contributed by atoms with Crippen LogP contribution in [0, 0.1) is 12.7 Å². The molecule has 2 fully saturated rings. The number of hydrogen-bond acceptors (Lipinski definition) is 6. The van der Waals surface area contributed by atoms with Crippen molar-refractivity contribution in [2.45, 2.75) is 31.3 Å². The van der Waals surface area contributed by atoms with Crippen LogP contribution in [0.2, 0.25) is 5.15 Å². The van der Waals surface area contributed by atoms with Gasteiger partial charge in [0.15, 0.2) is 0 Å². The SMILES string of the molecule is Cc1nn(C)cc1-c1cccc(F)c1-c1nc2cc(C(=O)N[C@@H]3CO[C@H]4[C@@H]3OC[C@H]4O)ccn2c1Cl. The minimum absolute atomic E-state index is 0.180.